The summed E-state index contributed by atoms with van der Waals surface area (Å²) >= 11 is 1.31. The molecule has 1 aromatic heterocycles. The first-order valence-electron chi connectivity index (χ1n) is 6.83. The predicted molar refractivity (Wildman–Crippen MR) is 81.0 cm³/mol. The predicted octanol–water partition coefficient (Wildman–Crippen LogP) is 2.94. The molecule has 124 valence electrons. The Kier molecular flexibility index (Phi) is 5.64. The standard InChI is InChI=1S/C14H15F3N4OS/c1-9-3-5-10(6-4-9)11-19-13(21-20-11)23-8-2-7-18-12(22)14(15,16)17/h3-6H,2,7-8H2,1H3,(H,18,22)(H,19,20,21). The van der Waals surface area contributed by atoms with Gasteiger partial charge in [-0.15, -0.1) is 5.10 Å². The van der Waals surface area contributed by atoms with Crippen molar-refractivity contribution in [1.82, 2.24) is 20.5 Å². The molecule has 0 bridgehead atoms. The Morgan fingerprint density at radius 1 is 1.30 bits per heavy atom. The zero-order valence-electron chi connectivity index (χ0n) is 12.3. The molecule has 0 unspecified atom stereocenters. The first kappa shape index (κ1) is 17.3. The molecule has 9 heteroatoms. The minimum Gasteiger partial charge on any atom is -0.348 e. The van der Waals surface area contributed by atoms with Crippen molar-refractivity contribution in [2.24, 2.45) is 0 Å². The van der Waals surface area contributed by atoms with Crippen molar-refractivity contribution < 1.29 is 18.0 Å². The SMILES string of the molecule is Cc1ccc(-c2nc(SCCCNC(=O)C(F)(F)F)n[nH]2)cc1. The number of benzene rings is 1. The van der Waals surface area contributed by atoms with Crippen LogP contribution in [0.1, 0.15) is 12.0 Å². The zero-order valence-corrected chi connectivity index (χ0v) is 13.1. The molecular formula is C14H15F3N4OS. The van der Waals surface area contributed by atoms with Crippen LogP contribution in [0.2, 0.25) is 0 Å². The number of amides is 1. The average molecular weight is 344 g/mol. The maximum absolute atomic E-state index is 12.0. The second-order valence-corrected chi connectivity index (χ2v) is 5.85. The maximum Gasteiger partial charge on any atom is 0.471 e. The van der Waals surface area contributed by atoms with E-state index in [4.69, 9.17) is 0 Å². The van der Waals surface area contributed by atoms with Crippen molar-refractivity contribution in [3.05, 3.63) is 29.8 Å². The topological polar surface area (TPSA) is 70.7 Å². The van der Waals surface area contributed by atoms with Crippen molar-refractivity contribution in [2.75, 3.05) is 12.3 Å². The Labute approximate surface area is 135 Å². The maximum atomic E-state index is 12.0. The van der Waals surface area contributed by atoms with Crippen LogP contribution in [0.15, 0.2) is 29.4 Å². The van der Waals surface area contributed by atoms with Gasteiger partial charge in [0.15, 0.2) is 5.82 Å². The number of hydrogen-bond acceptors (Lipinski definition) is 4. The molecule has 0 aliphatic rings. The highest BCUT2D eigenvalue weighted by atomic mass is 32.2. The number of carbonyl (C=O) groups is 1. The summed E-state index contributed by atoms with van der Waals surface area (Å²) in [4.78, 5) is 14.9. The van der Waals surface area contributed by atoms with Gasteiger partial charge in [0.25, 0.3) is 0 Å². The van der Waals surface area contributed by atoms with E-state index in [2.05, 4.69) is 15.2 Å². The molecule has 0 saturated heterocycles. The highest BCUT2D eigenvalue weighted by Crippen LogP contribution is 2.20. The Balaban J connectivity index is 1.75. The number of aromatic nitrogens is 3. The third-order valence-corrected chi connectivity index (χ3v) is 3.82. The van der Waals surface area contributed by atoms with E-state index in [1.165, 1.54) is 11.8 Å². The molecule has 2 N–H and O–H groups in total. The molecule has 0 radical (unpaired) electrons. The second kappa shape index (κ2) is 7.49. The summed E-state index contributed by atoms with van der Waals surface area (Å²) in [6, 6.07) is 7.79. The third kappa shape index (κ3) is 5.27. The molecule has 0 spiro atoms. The van der Waals surface area contributed by atoms with E-state index in [-0.39, 0.29) is 6.54 Å². The molecule has 1 heterocycles. The van der Waals surface area contributed by atoms with E-state index in [1.54, 1.807) is 0 Å². The number of aryl methyl sites for hydroxylation is 1. The largest absolute Gasteiger partial charge is 0.471 e. The number of aromatic amines is 1. The van der Waals surface area contributed by atoms with E-state index in [0.29, 0.717) is 23.2 Å². The smallest absolute Gasteiger partial charge is 0.348 e. The number of rotatable bonds is 6. The summed E-state index contributed by atoms with van der Waals surface area (Å²) in [6.45, 7) is 1.95. The lowest BCUT2D eigenvalue weighted by atomic mass is 10.1. The van der Waals surface area contributed by atoms with E-state index >= 15 is 0 Å². The van der Waals surface area contributed by atoms with Crippen molar-refractivity contribution in [3.63, 3.8) is 0 Å². The Morgan fingerprint density at radius 3 is 2.65 bits per heavy atom. The lowest BCUT2D eigenvalue weighted by Crippen LogP contribution is -2.37. The summed E-state index contributed by atoms with van der Waals surface area (Å²) in [6.07, 6.45) is -4.44. The molecule has 0 saturated carbocycles. The van der Waals surface area contributed by atoms with Gasteiger partial charge in [-0.25, -0.2) is 4.98 Å². The van der Waals surface area contributed by atoms with Gasteiger partial charge in [-0.3, -0.25) is 9.89 Å². The van der Waals surface area contributed by atoms with Crippen molar-refractivity contribution in [3.8, 4) is 11.4 Å². The van der Waals surface area contributed by atoms with Gasteiger partial charge in [-0.2, -0.15) is 13.2 Å². The third-order valence-electron chi connectivity index (χ3n) is 2.89. The molecular weight excluding hydrogens is 329 g/mol. The van der Waals surface area contributed by atoms with Crippen LogP contribution in [0.4, 0.5) is 13.2 Å². The number of halogens is 3. The van der Waals surface area contributed by atoms with Crippen LogP contribution in [-0.2, 0) is 4.79 Å². The summed E-state index contributed by atoms with van der Waals surface area (Å²) in [5, 5.41) is 9.20. The minimum absolute atomic E-state index is 0.0411. The lowest BCUT2D eigenvalue weighted by molar-refractivity contribution is -0.173. The minimum atomic E-state index is -4.83. The Hall–Kier alpha value is -2.03. The molecule has 0 aliphatic carbocycles. The highest BCUT2D eigenvalue weighted by Gasteiger charge is 2.38. The molecule has 1 amide bonds. The number of alkyl halides is 3. The van der Waals surface area contributed by atoms with Gasteiger partial charge in [0.2, 0.25) is 5.16 Å². The number of carbonyl (C=O) groups excluding carboxylic acids is 1. The van der Waals surface area contributed by atoms with Crippen LogP contribution in [0, 0.1) is 6.92 Å². The Bertz CT molecular complexity index is 655. The van der Waals surface area contributed by atoms with Gasteiger partial charge in [0, 0.05) is 17.9 Å². The normalized spacial score (nSPS) is 11.5. The molecule has 23 heavy (non-hydrogen) atoms. The number of hydrogen-bond donors (Lipinski definition) is 2. The van der Waals surface area contributed by atoms with E-state index in [0.717, 1.165) is 11.1 Å². The van der Waals surface area contributed by atoms with Gasteiger partial charge >= 0.3 is 12.1 Å². The van der Waals surface area contributed by atoms with Crippen molar-refractivity contribution >= 4 is 17.7 Å². The van der Waals surface area contributed by atoms with Gasteiger partial charge in [0.1, 0.15) is 0 Å². The van der Waals surface area contributed by atoms with Crippen LogP contribution in [0.25, 0.3) is 11.4 Å². The van der Waals surface area contributed by atoms with Crippen molar-refractivity contribution in [2.45, 2.75) is 24.7 Å². The van der Waals surface area contributed by atoms with E-state index in [9.17, 15) is 18.0 Å². The quantitative estimate of drug-likeness (QED) is 0.624. The Morgan fingerprint density at radius 2 is 2.00 bits per heavy atom. The summed E-state index contributed by atoms with van der Waals surface area (Å²) in [7, 11) is 0. The van der Waals surface area contributed by atoms with Crippen LogP contribution in [0.5, 0.6) is 0 Å². The summed E-state index contributed by atoms with van der Waals surface area (Å²) in [5.41, 5.74) is 2.05. The van der Waals surface area contributed by atoms with E-state index < -0.39 is 12.1 Å². The van der Waals surface area contributed by atoms with Crippen LogP contribution in [0.3, 0.4) is 0 Å². The lowest BCUT2D eigenvalue weighted by Gasteiger charge is -2.06. The molecule has 0 fully saturated rings. The average Bonchev–Trinajstić information content (AvgIpc) is 2.95. The van der Waals surface area contributed by atoms with Crippen LogP contribution >= 0.6 is 11.8 Å². The van der Waals surface area contributed by atoms with E-state index in [1.807, 2.05) is 36.5 Å². The fourth-order valence-corrected chi connectivity index (χ4v) is 2.43. The summed E-state index contributed by atoms with van der Waals surface area (Å²) in [5.74, 6) is -0.775. The number of H-pyrrole nitrogens is 1. The zero-order chi connectivity index (χ0) is 16.9. The molecule has 0 atom stereocenters. The van der Waals surface area contributed by atoms with Crippen LogP contribution < -0.4 is 5.32 Å². The number of thioether (sulfide) groups is 1. The second-order valence-electron chi connectivity index (χ2n) is 4.79. The number of nitrogens with zero attached hydrogens (tertiary/aromatic N) is 2. The molecule has 5 nitrogen and oxygen atoms in total. The van der Waals surface area contributed by atoms with Gasteiger partial charge < -0.3 is 5.32 Å². The van der Waals surface area contributed by atoms with Gasteiger partial charge in [-0.05, 0) is 13.3 Å². The van der Waals surface area contributed by atoms with Gasteiger partial charge in [0.05, 0.1) is 0 Å². The molecule has 1 aromatic carbocycles. The fourth-order valence-electron chi connectivity index (χ4n) is 1.69. The monoisotopic (exact) mass is 344 g/mol. The molecule has 2 aromatic rings. The first-order valence-corrected chi connectivity index (χ1v) is 7.82. The fraction of sp³-hybridized carbons (Fsp3) is 0.357. The molecule has 2 rings (SSSR count). The van der Waals surface area contributed by atoms with Crippen LogP contribution in [-0.4, -0.2) is 39.6 Å². The molecule has 0 aliphatic heterocycles. The van der Waals surface area contributed by atoms with Crippen molar-refractivity contribution in [1.29, 1.82) is 0 Å². The first-order chi connectivity index (χ1) is 10.9. The summed E-state index contributed by atoms with van der Waals surface area (Å²) < 4.78 is 35.9. The highest BCUT2D eigenvalue weighted by molar-refractivity contribution is 7.99. The number of nitrogens with one attached hydrogen (secondary N) is 2. The van der Waals surface area contributed by atoms with Gasteiger partial charge in [-0.1, -0.05) is 41.6 Å².